The summed E-state index contributed by atoms with van der Waals surface area (Å²) in [5, 5.41) is 10.5. The van der Waals surface area contributed by atoms with Gasteiger partial charge in [-0.2, -0.15) is 0 Å². The minimum absolute atomic E-state index is 0.248. The molecule has 3 rings (SSSR count). The molecule has 2 fully saturated rings. The Morgan fingerprint density at radius 1 is 1.37 bits per heavy atom. The summed E-state index contributed by atoms with van der Waals surface area (Å²) in [4.78, 5) is 15.9. The molecule has 0 aliphatic carbocycles. The number of rotatable bonds is 2. The van der Waals surface area contributed by atoms with E-state index in [4.69, 9.17) is 11.6 Å². The lowest BCUT2D eigenvalue weighted by atomic mass is 10.1. The second kappa shape index (κ2) is 5.02. The number of aromatic hydroxyl groups is 1. The third kappa shape index (κ3) is 2.42. The Morgan fingerprint density at radius 3 is 3.00 bits per heavy atom. The molecule has 1 atom stereocenters. The highest BCUT2D eigenvalue weighted by molar-refractivity contribution is 6.31. The number of benzene rings is 1. The van der Waals surface area contributed by atoms with Gasteiger partial charge in [-0.3, -0.25) is 9.69 Å². The van der Waals surface area contributed by atoms with Crippen molar-refractivity contribution >= 4 is 17.5 Å². The van der Waals surface area contributed by atoms with E-state index >= 15 is 0 Å². The van der Waals surface area contributed by atoms with Crippen LogP contribution in [0.5, 0.6) is 5.75 Å². The molecule has 2 aliphatic heterocycles. The zero-order valence-electron chi connectivity index (χ0n) is 10.7. The second-order valence-electron chi connectivity index (χ2n) is 5.25. The number of carbonyl (C=O) groups is 1. The highest BCUT2D eigenvalue weighted by Crippen LogP contribution is 2.29. The molecule has 0 saturated carbocycles. The van der Waals surface area contributed by atoms with Crippen LogP contribution in [0.1, 0.15) is 18.4 Å². The summed E-state index contributed by atoms with van der Waals surface area (Å²) in [5.74, 6) is 0.530. The van der Waals surface area contributed by atoms with E-state index in [1.54, 1.807) is 18.2 Å². The number of hydrogen-bond acceptors (Lipinski definition) is 3. The van der Waals surface area contributed by atoms with Gasteiger partial charge in [0, 0.05) is 49.2 Å². The third-order valence-electron chi connectivity index (χ3n) is 4.05. The number of nitrogens with zero attached hydrogens (tertiary/aromatic N) is 2. The first-order valence-corrected chi connectivity index (χ1v) is 7.01. The van der Waals surface area contributed by atoms with Crippen molar-refractivity contribution < 1.29 is 9.90 Å². The molecule has 0 spiro atoms. The molecular weight excluding hydrogens is 264 g/mol. The van der Waals surface area contributed by atoms with Crippen LogP contribution in [0.2, 0.25) is 5.02 Å². The Bertz CT molecular complexity index is 486. The summed E-state index contributed by atoms with van der Waals surface area (Å²) >= 11 is 6.13. The Kier molecular flexibility index (Phi) is 3.37. The Labute approximate surface area is 117 Å². The van der Waals surface area contributed by atoms with E-state index in [-0.39, 0.29) is 11.7 Å². The number of piperazine rings is 1. The summed E-state index contributed by atoms with van der Waals surface area (Å²) < 4.78 is 0. The van der Waals surface area contributed by atoms with Gasteiger partial charge in [-0.15, -0.1) is 0 Å². The van der Waals surface area contributed by atoms with Crippen LogP contribution in [0.25, 0.3) is 0 Å². The van der Waals surface area contributed by atoms with Crippen LogP contribution in [0.4, 0.5) is 0 Å². The molecular formula is C14H17ClN2O2. The van der Waals surface area contributed by atoms with Crippen molar-refractivity contribution in [1.82, 2.24) is 9.80 Å². The van der Waals surface area contributed by atoms with Gasteiger partial charge in [-0.25, -0.2) is 0 Å². The van der Waals surface area contributed by atoms with Gasteiger partial charge in [0.25, 0.3) is 0 Å². The summed E-state index contributed by atoms with van der Waals surface area (Å²) in [6.07, 6.45) is 1.62. The minimum Gasteiger partial charge on any atom is -0.508 e. The molecule has 5 heteroatoms. The molecule has 2 saturated heterocycles. The summed E-state index contributed by atoms with van der Waals surface area (Å²) in [6, 6.07) is 5.54. The highest BCUT2D eigenvalue weighted by atomic mass is 35.5. The number of hydrogen-bond donors (Lipinski definition) is 1. The summed E-state index contributed by atoms with van der Waals surface area (Å²) in [6.45, 7) is 3.14. The fourth-order valence-corrected chi connectivity index (χ4v) is 3.23. The van der Waals surface area contributed by atoms with Crippen molar-refractivity contribution in [2.75, 3.05) is 19.6 Å². The van der Waals surface area contributed by atoms with Gasteiger partial charge in [0.05, 0.1) is 0 Å². The summed E-state index contributed by atoms with van der Waals surface area (Å²) in [7, 11) is 0. The van der Waals surface area contributed by atoms with E-state index in [0.29, 0.717) is 24.0 Å². The molecule has 1 N–H and O–H groups in total. The van der Waals surface area contributed by atoms with Gasteiger partial charge in [-0.1, -0.05) is 17.7 Å². The molecule has 102 valence electrons. The Hall–Kier alpha value is -1.26. The van der Waals surface area contributed by atoms with Crippen molar-refractivity contribution in [2.45, 2.75) is 25.4 Å². The molecule has 1 aromatic rings. The minimum atomic E-state index is 0.248. The van der Waals surface area contributed by atoms with E-state index in [1.807, 2.05) is 4.90 Å². The maximum Gasteiger partial charge on any atom is 0.222 e. The summed E-state index contributed by atoms with van der Waals surface area (Å²) in [5.41, 5.74) is 0.780. The van der Waals surface area contributed by atoms with E-state index < -0.39 is 0 Å². The molecule has 1 amide bonds. The van der Waals surface area contributed by atoms with Crippen LogP contribution < -0.4 is 0 Å². The Morgan fingerprint density at radius 2 is 2.21 bits per heavy atom. The van der Waals surface area contributed by atoms with Crippen molar-refractivity contribution in [3.63, 3.8) is 0 Å². The van der Waals surface area contributed by atoms with Gasteiger partial charge in [0.15, 0.2) is 0 Å². The van der Waals surface area contributed by atoms with Crippen molar-refractivity contribution in [3.05, 3.63) is 28.8 Å². The first-order valence-electron chi connectivity index (χ1n) is 6.63. The predicted octanol–water partition coefficient (Wildman–Crippen LogP) is 1.85. The predicted molar refractivity (Wildman–Crippen MR) is 73.1 cm³/mol. The first kappa shape index (κ1) is 12.8. The number of amides is 1. The van der Waals surface area contributed by atoms with E-state index in [2.05, 4.69) is 4.90 Å². The van der Waals surface area contributed by atoms with Crippen LogP contribution in [-0.2, 0) is 11.3 Å². The van der Waals surface area contributed by atoms with E-state index in [9.17, 15) is 9.90 Å². The number of fused-ring (bicyclic) bond motifs is 1. The SMILES string of the molecule is O=C1CCC2CN(Cc3c(O)cccc3Cl)CCN12. The lowest BCUT2D eigenvalue weighted by Gasteiger charge is -2.37. The van der Waals surface area contributed by atoms with Crippen LogP contribution >= 0.6 is 11.6 Å². The lowest BCUT2D eigenvalue weighted by molar-refractivity contribution is -0.130. The molecule has 2 heterocycles. The van der Waals surface area contributed by atoms with Crippen molar-refractivity contribution in [3.8, 4) is 5.75 Å². The van der Waals surface area contributed by atoms with E-state index in [0.717, 1.165) is 31.6 Å². The Balaban J connectivity index is 1.70. The number of halogens is 1. The molecule has 4 nitrogen and oxygen atoms in total. The quantitative estimate of drug-likeness (QED) is 0.899. The molecule has 2 aliphatic rings. The zero-order chi connectivity index (χ0) is 13.4. The maximum atomic E-state index is 11.6. The van der Waals surface area contributed by atoms with Gasteiger partial charge in [-0.05, 0) is 18.6 Å². The number of phenolic OH excluding ortho intramolecular Hbond substituents is 1. The number of phenols is 1. The van der Waals surface area contributed by atoms with Gasteiger partial charge < -0.3 is 10.0 Å². The average molecular weight is 281 g/mol. The standard InChI is InChI=1S/C14H17ClN2O2/c15-12-2-1-3-13(18)11(12)9-16-6-7-17-10(8-16)4-5-14(17)19/h1-3,10,18H,4-9H2. The highest BCUT2D eigenvalue weighted by Gasteiger charge is 2.35. The molecule has 0 aromatic heterocycles. The smallest absolute Gasteiger partial charge is 0.222 e. The van der Waals surface area contributed by atoms with E-state index in [1.165, 1.54) is 0 Å². The van der Waals surface area contributed by atoms with Crippen LogP contribution in [0.15, 0.2) is 18.2 Å². The monoisotopic (exact) mass is 280 g/mol. The number of carbonyl (C=O) groups excluding carboxylic acids is 1. The molecule has 19 heavy (non-hydrogen) atoms. The topological polar surface area (TPSA) is 43.8 Å². The molecule has 1 aromatic carbocycles. The van der Waals surface area contributed by atoms with Gasteiger partial charge in [0.2, 0.25) is 5.91 Å². The first-order chi connectivity index (χ1) is 9.15. The second-order valence-corrected chi connectivity index (χ2v) is 5.66. The molecule has 1 unspecified atom stereocenters. The van der Waals surface area contributed by atoms with Crippen molar-refractivity contribution in [1.29, 1.82) is 0 Å². The van der Waals surface area contributed by atoms with Gasteiger partial charge in [0.1, 0.15) is 5.75 Å². The lowest BCUT2D eigenvalue weighted by Crippen LogP contribution is -2.50. The molecule has 0 radical (unpaired) electrons. The fraction of sp³-hybridized carbons (Fsp3) is 0.500. The van der Waals surface area contributed by atoms with Crippen LogP contribution in [0.3, 0.4) is 0 Å². The van der Waals surface area contributed by atoms with Crippen molar-refractivity contribution in [2.24, 2.45) is 0 Å². The zero-order valence-corrected chi connectivity index (χ0v) is 11.4. The average Bonchev–Trinajstić information content (AvgIpc) is 2.76. The molecule has 0 bridgehead atoms. The third-order valence-corrected chi connectivity index (χ3v) is 4.41. The maximum absolute atomic E-state index is 11.6. The normalized spacial score (nSPS) is 23.7. The fourth-order valence-electron chi connectivity index (χ4n) is 3.00. The van der Waals surface area contributed by atoms with Crippen LogP contribution in [0, 0.1) is 0 Å². The van der Waals surface area contributed by atoms with Crippen LogP contribution in [-0.4, -0.2) is 46.5 Å². The largest absolute Gasteiger partial charge is 0.508 e. The van der Waals surface area contributed by atoms with Gasteiger partial charge >= 0.3 is 0 Å².